The van der Waals surface area contributed by atoms with E-state index >= 15 is 0 Å². The molecule has 1 aromatic rings. The summed E-state index contributed by atoms with van der Waals surface area (Å²) in [5, 5.41) is -2.86. The molecule has 0 N–H and O–H groups in total. The van der Waals surface area contributed by atoms with Crippen LogP contribution in [-0.4, -0.2) is 18.9 Å². The SMILES string of the molecule is O=NC(c1ccccc1)C(F)(F)S(=O)(=O)C1CCCCC1. The van der Waals surface area contributed by atoms with Gasteiger partial charge in [-0.25, -0.2) is 8.42 Å². The van der Waals surface area contributed by atoms with Crippen molar-refractivity contribution in [1.82, 2.24) is 0 Å². The molecule has 0 saturated heterocycles. The first-order chi connectivity index (χ1) is 9.91. The second-order valence-electron chi connectivity index (χ2n) is 5.29. The van der Waals surface area contributed by atoms with Crippen LogP contribution in [0.15, 0.2) is 35.5 Å². The van der Waals surface area contributed by atoms with E-state index in [1.807, 2.05) is 0 Å². The highest BCUT2D eigenvalue weighted by Gasteiger charge is 2.56. The van der Waals surface area contributed by atoms with Gasteiger partial charge >= 0.3 is 5.25 Å². The average molecular weight is 317 g/mol. The van der Waals surface area contributed by atoms with E-state index in [1.54, 1.807) is 6.07 Å². The van der Waals surface area contributed by atoms with Crippen molar-refractivity contribution in [3.05, 3.63) is 40.8 Å². The number of halogens is 2. The monoisotopic (exact) mass is 317 g/mol. The number of benzene rings is 1. The Hall–Kier alpha value is -1.37. The summed E-state index contributed by atoms with van der Waals surface area (Å²) in [5.41, 5.74) is -0.0862. The first-order valence-corrected chi connectivity index (χ1v) is 8.44. The van der Waals surface area contributed by atoms with Gasteiger partial charge in [-0.15, -0.1) is 4.91 Å². The number of nitrogens with zero attached hydrogens (tertiary/aromatic N) is 1. The van der Waals surface area contributed by atoms with Crippen LogP contribution in [0.2, 0.25) is 0 Å². The molecule has 7 heteroatoms. The summed E-state index contributed by atoms with van der Waals surface area (Å²) in [7, 11) is -4.75. The summed E-state index contributed by atoms with van der Waals surface area (Å²) in [6.45, 7) is 0. The van der Waals surface area contributed by atoms with Gasteiger partial charge in [0.1, 0.15) is 0 Å². The molecule has 1 fully saturated rings. The molecule has 1 saturated carbocycles. The van der Waals surface area contributed by atoms with Crippen molar-refractivity contribution < 1.29 is 17.2 Å². The van der Waals surface area contributed by atoms with Gasteiger partial charge in [-0.3, -0.25) is 0 Å². The third kappa shape index (κ3) is 2.97. The Bertz CT molecular complexity index is 583. The molecule has 0 heterocycles. The quantitative estimate of drug-likeness (QED) is 0.775. The fraction of sp³-hybridized carbons (Fsp3) is 0.571. The summed E-state index contributed by atoms with van der Waals surface area (Å²) in [5.74, 6) is 0. The van der Waals surface area contributed by atoms with Crippen LogP contribution in [0.1, 0.15) is 43.7 Å². The molecular weight excluding hydrogens is 300 g/mol. The van der Waals surface area contributed by atoms with Crippen molar-refractivity contribution >= 4 is 9.84 Å². The predicted octanol–water partition coefficient (Wildman–Crippen LogP) is 3.83. The van der Waals surface area contributed by atoms with Crippen LogP contribution in [0.4, 0.5) is 8.78 Å². The number of rotatable bonds is 5. The molecule has 0 bridgehead atoms. The molecule has 1 aliphatic rings. The van der Waals surface area contributed by atoms with E-state index in [-0.39, 0.29) is 18.4 Å². The van der Waals surface area contributed by atoms with Gasteiger partial charge in [0.2, 0.25) is 9.84 Å². The van der Waals surface area contributed by atoms with Gasteiger partial charge in [0.25, 0.3) is 0 Å². The summed E-state index contributed by atoms with van der Waals surface area (Å²) < 4.78 is 53.4. The van der Waals surface area contributed by atoms with Crippen molar-refractivity contribution in [2.24, 2.45) is 5.18 Å². The molecule has 4 nitrogen and oxygen atoms in total. The third-order valence-electron chi connectivity index (χ3n) is 3.91. The second kappa shape index (κ2) is 6.17. The fourth-order valence-corrected chi connectivity index (χ4v) is 4.59. The summed E-state index contributed by atoms with van der Waals surface area (Å²) in [4.78, 5) is 10.9. The zero-order chi connectivity index (χ0) is 15.5. The highest BCUT2D eigenvalue weighted by molar-refractivity contribution is 7.93. The molecule has 21 heavy (non-hydrogen) atoms. The maximum absolute atomic E-state index is 14.5. The molecule has 0 radical (unpaired) electrons. The van der Waals surface area contributed by atoms with Crippen LogP contribution in [0, 0.1) is 4.91 Å². The Kier molecular flexibility index (Phi) is 4.70. The van der Waals surface area contributed by atoms with Crippen LogP contribution in [0.5, 0.6) is 0 Å². The largest absolute Gasteiger partial charge is 0.375 e. The van der Waals surface area contributed by atoms with Gasteiger partial charge in [0, 0.05) is 0 Å². The minimum Gasteiger partial charge on any atom is -0.222 e. The van der Waals surface area contributed by atoms with Gasteiger partial charge in [-0.2, -0.15) is 8.78 Å². The van der Waals surface area contributed by atoms with Gasteiger partial charge < -0.3 is 0 Å². The average Bonchev–Trinajstić information content (AvgIpc) is 2.49. The first-order valence-electron chi connectivity index (χ1n) is 6.90. The topological polar surface area (TPSA) is 63.6 Å². The number of hydrogen-bond acceptors (Lipinski definition) is 4. The molecule has 0 amide bonds. The van der Waals surface area contributed by atoms with Gasteiger partial charge in [0.15, 0.2) is 6.04 Å². The van der Waals surface area contributed by atoms with E-state index in [0.29, 0.717) is 12.8 Å². The number of hydrogen-bond donors (Lipinski definition) is 0. The Labute approximate surface area is 122 Å². The summed E-state index contributed by atoms with van der Waals surface area (Å²) >= 11 is 0. The van der Waals surface area contributed by atoms with E-state index < -0.39 is 26.4 Å². The smallest absolute Gasteiger partial charge is 0.222 e. The Morgan fingerprint density at radius 3 is 2.19 bits per heavy atom. The van der Waals surface area contributed by atoms with E-state index in [0.717, 1.165) is 6.42 Å². The van der Waals surface area contributed by atoms with Gasteiger partial charge in [-0.1, -0.05) is 54.8 Å². The molecule has 1 aromatic carbocycles. The van der Waals surface area contributed by atoms with Gasteiger partial charge in [0.05, 0.1) is 5.25 Å². The van der Waals surface area contributed by atoms with Gasteiger partial charge in [-0.05, 0) is 18.4 Å². The maximum Gasteiger partial charge on any atom is 0.375 e. The summed E-state index contributed by atoms with van der Waals surface area (Å²) in [6, 6.07) is 4.91. The minimum absolute atomic E-state index is 0.0862. The van der Waals surface area contributed by atoms with E-state index in [9.17, 15) is 22.1 Å². The Morgan fingerprint density at radius 1 is 1.10 bits per heavy atom. The zero-order valence-electron chi connectivity index (χ0n) is 11.4. The normalized spacial score (nSPS) is 19.1. The molecule has 116 valence electrons. The number of sulfone groups is 1. The van der Waals surface area contributed by atoms with E-state index in [4.69, 9.17) is 0 Å². The van der Waals surface area contributed by atoms with Crippen molar-refractivity contribution in [2.75, 3.05) is 0 Å². The lowest BCUT2D eigenvalue weighted by Gasteiger charge is -2.28. The molecule has 2 rings (SSSR count). The van der Waals surface area contributed by atoms with Crippen molar-refractivity contribution in [3.8, 4) is 0 Å². The van der Waals surface area contributed by atoms with Crippen molar-refractivity contribution in [2.45, 2.75) is 48.7 Å². The van der Waals surface area contributed by atoms with Crippen LogP contribution < -0.4 is 0 Å². The second-order valence-corrected chi connectivity index (χ2v) is 7.59. The van der Waals surface area contributed by atoms with Crippen LogP contribution in [-0.2, 0) is 9.84 Å². The number of nitroso groups, excluding NO2 is 1. The number of alkyl halides is 2. The zero-order valence-corrected chi connectivity index (χ0v) is 12.2. The standard InChI is InChI=1S/C14H17F2NO3S/c15-14(16,13(17-18)11-7-3-1-4-8-11)21(19,20)12-9-5-2-6-10-12/h1,3-4,7-8,12-13H,2,5-6,9-10H2. The lowest BCUT2D eigenvalue weighted by atomic mass is 10.0. The molecule has 1 unspecified atom stereocenters. The molecule has 0 spiro atoms. The van der Waals surface area contributed by atoms with Crippen LogP contribution >= 0.6 is 0 Å². The van der Waals surface area contributed by atoms with Crippen LogP contribution in [0.3, 0.4) is 0 Å². The highest BCUT2D eigenvalue weighted by Crippen LogP contribution is 2.43. The molecular formula is C14H17F2NO3S. The Morgan fingerprint density at radius 2 is 1.67 bits per heavy atom. The lowest BCUT2D eigenvalue weighted by molar-refractivity contribution is 0.0605. The highest BCUT2D eigenvalue weighted by atomic mass is 32.2. The Balaban J connectivity index is 2.36. The lowest BCUT2D eigenvalue weighted by Crippen LogP contribution is -2.42. The molecule has 0 aromatic heterocycles. The molecule has 1 atom stereocenters. The predicted molar refractivity (Wildman–Crippen MR) is 75.7 cm³/mol. The molecule has 1 aliphatic carbocycles. The fourth-order valence-electron chi connectivity index (χ4n) is 2.70. The maximum atomic E-state index is 14.5. The van der Waals surface area contributed by atoms with E-state index in [2.05, 4.69) is 5.18 Å². The molecule has 0 aliphatic heterocycles. The minimum atomic E-state index is -4.75. The van der Waals surface area contributed by atoms with E-state index in [1.165, 1.54) is 24.3 Å². The van der Waals surface area contributed by atoms with Crippen molar-refractivity contribution in [3.63, 3.8) is 0 Å². The summed E-state index contributed by atoms with van der Waals surface area (Å²) in [6.07, 6.45) is 2.53. The van der Waals surface area contributed by atoms with Crippen molar-refractivity contribution in [1.29, 1.82) is 0 Å². The third-order valence-corrected chi connectivity index (χ3v) is 6.24. The first kappa shape index (κ1) is 16.0. The van der Waals surface area contributed by atoms with Crippen LogP contribution in [0.25, 0.3) is 0 Å².